The number of rotatable bonds is 4. The van der Waals surface area contributed by atoms with E-state index < -0.39 is 43.2 Å². The first-order valence-electron chi connectivity index (χ1n) is 5.40. The molecule has 0 aromatic rings. The molecule has 1 amide bonds. The predicted molar refractivity (Wildman–Crippen MR) is 53.8 cm³/mol. The average molecular weight is 269 g/mol. The Morgan fingerprint density at radius 1 is 1.33 bits per heavy atom. The van der Waals surface area contributed by atoms with Crippen LogP contribution in [0.1, 0.15) is 19.3 Å². The van der Waals surface area contributed by atoms with Gasteiger partial charge in [-0.1, -0.05) is 0 Å². The van der Waals surface area contributed by atoms with Gasteiger partial charge < -0.3 is 14.7 Å². The van der Waals surface area contributed by atoms with Crippen molar-refractivity contribution >= 4 is 11.9 Å². The molecule has 2 atom stereocenters. The van der Waals surface area contributed by atoms with Crippen LogP contribution in [0.5, 0.6) is 0 Å². The number of alkyl halides is 3. The number of aliphatic carboxylic acids is 1. The highest BCUT2D eigenvalue weighted by molar-refractivity contribution is 5.82. The molecule has 1 aliphatic rings. The Morgan fingerprint density at radius 3 is 2.33 bits per heavy atom. The smallest absolute Gasteiger partial charge is 0.390 e. The monoisotopic (exact) mass is 269 g/mol. The molecule has 18 heavy (non-hydrogen) atoms. The Kier molecular flexibility index (Phi) is 4.55. The highest BCUT2D eigenvalue weighted by Crippen LogP contribution is 2.23. The van der Waals surface area contributed by atoms with Gasteiger partial charge in [0.15, 0.2) is 6.10 Å². The lowest BCUT2D eigenvalue weighted by molar-refractivity contribution is -0.156. The van der Waals surface area contributed by atoms with E-state index in [1.54, 1.807) is 0 Å². The van der Waals surface area contributed by atoms with Crippen molar-refractivity contribution in [3.63, 3.8) is 0 Å². The number of likely N-dealkylation sites (N-methyl/N-ethyl adjacent to an activating group) is 1. The lowest BCUT2D eigenvalue weighted by Crippen LogP contribution is -2.38. The summed E-state index contributed by atoms with van der Waals surface area (Å²) < 4.78 is 40.9. The van der Waals surface area contributed by atoms with Crippen LogP contribution in [0.25, 0.3) is 0 Å². The molecule has 104 valence electrons. The third kappa shape index (κ3) is 4.17. The Hall–Kier alpha value is -1.31. The summed E-state index contributed by atoms with van der Waals surface area (Å²) >= 11 is 0. The third-order valence-electron chi connectivity index (χ3n) is 2.68. The van der Waals surface area contributed by atoms with Crippen LogP contribution in [0.2, 0.25) is 0 Å². The number of hydrogen-bond donors (Lipinski definition) is 1. The summed E-state index contributed by atoms with van der Waals surface area (Å²) in [7, 11) is 1.24. The number of carboxylic acid groups (broad SMARTS) is 1. The van der Waals surface area contributed by atoms with Crippen molar-refractivity contribution in [3.8, 4) is 0 Å². The Balaban J connectivity index is 2.43. The van der Waals surface area contributed by atoms with Gasteiger partial charge in [0.25, 0.3) is 5.91 Å². The topological polar surface area (TPSA) is 66.8 Å². The molecule has 0 aromatic carbocycles. The number of hydrogen-bond acceptors (Lipinski definition) is 3. The molecular weight excluding hydrogens is 255 g/mol. The fourth-order valence-electron chi connectivity index (χ4n) is 1.65. The van der Waals surface area contributed by atoms with Gasteiger partial charge in [-0.3, -0.25) is 4.79 Å². The summed E-state index contributed by atoms with van der Waals surface area (Å²) in [4.78, 5) is 23.2. The molecule has 0 bridgehead atoms. The number of carboxylic acids is 1. The first kappa shape index (κ1) is 14.7. The second-order valence-electron chi connectivity index (χ2n) is 4.15. The lowest BCUT2D eigenvalue weighted by atomic mass is 10.2. The highest BCUT2D eigenvalue weighted by atomic mass is 19.4. The van der Waals surface area contributed by atoms with E-state index in [9.17, 15) is 22.8 Å². The molecule has 1 heterocycles. The molecule has 2 unspecified atom stereocenters. The fourth-order valence-corrected chi connectivity index (χ4v) is 1.65. The molecule has 0 radical (unpaired) electrons. The molecular formula is C10H14F3NO4. The van der Waals surface area contributed by atoms with Gasteiger partial charge in [0.05, 0.1) is 6.42 Å². The summed E-state index contributed by atoms with van der Waals surface area (Å²) in [5, 5.41) is 8.66. The Bertz CT molecular complexity index is 332. The number of nitrogens with zero attached hydrogens (tertiary/aromatic N) is 1. The van der Waals surface area contributed by atoms with Crippen LogP contribution in [0.15, 0.2) is 0 Å². The van der Waals surface area contributed by atoms with E-state index in [2.05, 4.69) is 0 Å². The zero-order chi connectivity index (χ0) is 13.9. The van der Waals surface area contributed by atoms with Crippen molar-refractivity contribution in [1.29, 1.82) is 0 Å². The van der Waals surface area contributed by atoms with Crippen molar-refractivity contribution in [2.24, 2.45) is 0 Å². The van der Waals surface area contributed by atoms with Crippen molar-refractivity contribution < 1.29 is 32.6 Å². The van der Waals surface area contributed by atoms with Gasteiger partial charge in [0, 0.05) is 13.6 Å². The normalized spacial score (nSPS) is 24.0. The standard InChI is InChI=1S/C10H14F3NO4/c1-14(5-4-10(11,12)13)8(15)6-2-3-7(18-6)9(16)17/h6-7H,2-5H2,1H3,(H,16,17). The average Bonchev–Trinajstić information content (AvgIpc) is 2.73. The molecule has 1 fully saturated rings. The van der Waals surface area contributed by atoms with Crippen LogP contribution in [0.4, 0.5) is 13.2 Å². The second-order valence-corrected chi connectivity index (χ2v) is 4.15. The summed E-state index contributed by atoms with van der Waals surface area (Å²) in [6.45, 7) is -0.458. The minimum absolute atomic E-state index is 0.193. The minimum atomic E-state index is -4.32. The van der Waals surface area contributed by atoms with Crippen LogP contribution in [0, 0.1) is 0 Å². The predicted octanol–water partition coefficient (Wildman–Crippen LogP) is 1.03. The van der Waals surface area contributed by atoms with Crippen LogP contribution in [-0.4, -0.2) is 53.9 Å². The molecule has 1 N–H and O–H groups in total. The van der Waals surface area contributed by atoms with Crippen LogP contribution in [-0.2, 0) is 14.3 Å². The summed E-state index contributed by atoms with van der Waals surface area (Å²) in [6.07, 6.45) is -7.01. The number of amides is 1. The molecule has 1 saturated heterocycles. The molecule has 0 spiro atoms. The first-order chi connectivity index (χ1) is 8.20. The molecule has 8 heteroatoms. The van der Waals surface area contributed by atoms with Crippen LogP contribution < -0.4 is 0 Å². The summed E-state index contributed by atoms with van der Waals surface area (Å²) in [6, 6.07) is 0. The largest absolute Gasteiger partial charge is 0.479 e. The molecule has 0 aliphatic carbocycles. The highest BCUT2D eigenvalue weighted by Gasteiger charge is 2.37. The zero-order valence-electron chi connectivity index (χ0n) is 9.74. The molecule has 1 aliphatic heterocycles. The Labute approximate surface area is 102 Å². The Morgan fingerprint density at radius 2 is 1.89 bits per heavy atom. The molecule has 5 nitrogen and oxygen atoms in total. The summed E-state index contributed by atoms with van der Waals surface area (Å²) in [5.41, 5.74) is 0. The van der Waals surface area contributed by atoms with E-state index >= 15 is 0 Å². The van der Waals surface area contributed by atoms with Crippen molar-refractivity contribution in [1.82, 2.24) is 4.90 Å². The van der Waals surface area contributed by atoms with E-state index in [1.807, 2.05) is 0 Å². The third-order valence-corrected chi connectivity index (χ3v) is 2.68. The van der Waals surface area contributed by atoms with Crippen molar-refractivity contribution in [2.75, 3.05) is 13.6 Å². The SMILES string of the molecule is CN(CCC(F)(F)F)C(=O)C1CCC(C(=O)O)O1. The number of carbonyl (C=O) groups excluding carboxylic acids is 1. The van der Waals surface area contributed by atoms with Gasteiger partial charge >= 0.3 is 12.1 Å². The van der Waals surface area contributed by atoms with E-state index in [4.69, 9.17) is 9.84 Å². The van der Waals surface area contributed by atoms with Gasteiger partial charge in [-0.15, -0.1) is 0 Å². The second kappa shape index (κ2) is 5.55. The van der Waals surface area contributed by atoms with Crippen molar-refractivity contribution in [2.45, 2.75) is 37.6 Å². The van der Waals surface area contributed by atoms with E-state index in [-0.39, 0.29) is 12.8 Å². The zero-order valence-corrected chi connectivity index (χ0v) is 9.74. The van der Waals surface area contributed by atoms with Gasteiger partial charge in [-0.2, -0.15) is 13.2 Å². The fraction of sp³-hybridized carbons (Fsp3) is 0.800. The van der Waals surface area contributed by atoms with E-state index in [0.29, 0.717) is 0 Å². The van der Waals surface area contributed by atoms with Crippen LogP contribution >= 0.6 is 0 Å². The van der Waals surface area contributed by atoms with Crippen molar-refractivity contribution in [3.05, 3.63) is 0 Å². The maximum Gasteiger partial charge on any atom is 0.390 e. The maximum absolute atomic E-state index is 12.0. The first-order valence-corrected chi connectivity index (χ1v) is 5.40. The summed E-state index contributed by atoms with van der Waals surface area (Å²) in [5.74, 6) is -1.77. The lowest BCUT2D eigenvalue weighted by Gasteiger charge is -2.21. The van der Waals surface area contributed by atoms with E-state index in [0.717, 1.165) is 4.90 Å². The van der Waals surface area contributed by atoms with Gasteiger partial charge in [0.1, 0.15) is 6.10 Å². The number of halogens is 3. The quantitative estimate of drug-likeness (QED) is 0.827. The van der Waals surface area contributed by atoms with Crippen LogP contribution in [0.3, 0.4) is 0 Å². The number of ether oxygens (including phenoxy) is 1. The van der Waals surface area contributed by atoms with Gasteiger partial charge in [-0.25, -0.2) is 4.79 Å². The molecule has 0 aromatic heterocycles. The molecule has 1 rings (SSSR count). The minimum Gasteiger partial charge on any atom is -0.479 e. The number of carbonyl (C=O) groups is 2. The van der Waals surface area contributed by atoms with E-state index in [1.165, 1.54) is 7.05 Å². The molecule has 0 saturated carbocycles. The van der Waals surface area contributed by atoms with Gasteiger partial charge in [-0.05, 0) is 12.8 Å². The van der Waals surface area contributed by atoms with Gasteiger partial charge in [0.2, 0.25) is 0 Å². The maximum atomic E-state index is 12.0.